The number of anilines is 1. The Bertz CT molecular complexity index is 1270. The Morgan fingerprint density at radius 1 is 1.13 bits per heavy atom. The first kappa shape index (κ1) is 19.1. The van der Waals surface area contributed by atoms with Crippen molar-refractivity contribution in [3.63, 3.8) is 0 Å². The lowest BCUT2D eigenvalue weighted by molar-refractivity contribution is 0.219. The highest BCUT2D eigenvalue weighted by molar-refractivity contribution is 7.21. The van der Waals surface area contributed by atoms with Crippen LogP contribution in [0.15, 0.2) is 30.6 Å². The standard InChI is InChI=1S/C23H25FN6S/c1-13-11-30-12-14(8-18(24)21(30)25-13)19-6-7-20-22(27-19)31-23(28-20)29(2)17-9-15-4-3-5-16(10-17)26-15/h6-8,11-12,15-17,26H,3-5,9-10H2,1-2H3/t15-,16+,17-. The van der Waals surface area contributed by atoms with Crippen molar-refractivity contribution in [3.05, 3.63) is 42.1 Å². The van der Waals surface area contributed by atoms with Crippen molar-refractivity contribution in [2.24, 2.45) is 0 Å². The molecular formula is C23H25FN6S. The van der Waals surface area contributed by atoms with E-state index < -0.39 is 0 Å². The quantitative estimate of drug-likeness (QED) is 0.510. The number of nitrogens with zero attached hydrogens (tertiary/aromatic N) is 5. The van der Waals surface area contributed by atoms with E-state index in [9.17, 15) is 4.39 Å². The van der Waals surface area contributed by atoms with E-state index in [1.165, 1.54) is 38.2 Å². The number of fused-ring (bicyclic) bond motifs is 4. The highest BCUT2D eigenvalue weighted by Crippen LogP contribution is 2.34. The number of hydrogen-bond donors (Lipinski definition) is 1. The summed E-state index contributed by atoms with van der Waals surface area (Å²) in [7, 11) is 2.16. The van der Waals surface area contributed by atoms with Gasteiger partial charge in [-0.1, -0.05) is 17.8 Å². The van der Waals surface area contributed by atoms with Crippen LogP contribution >= 0.6 is 11.3 Å². The fraction of sp³-hybridized carbons (Fsp3) is 0.435. The van der Waals surface area contributed by atoms with Crippen molar-refractivity contribution < 1.29 is 4.39 Å². The molecule has 160 valence electrons. The first-order chi connectivity index (χ1) is 15.0. The number of rotatable bonds is 3. The molecule has 0 unspecified atom stereocenters. The zero-order valence-electron chi connectivity index (χ0n) is 17.7. The monoisotopic (exact) mass is 436 g/mol. The molecule has 4 aromatic heterocycles. The van der Waals surface area contributed by atoms with E-state index in [1.807, 2.05) is 31.5 Å². The zero-order chi connectivity index (χ0) is 21.1. The number of nitrogens with one attached hydrogen (secondary N) is 1. The smallest absolute Gasteiger partial charge is 0.187 e. The number of imidazole rings is 1. The van der Waals surface area contributed by atoms with Crippen LogP contribution in [0.1, 0.15) is 37.8 Å². The molecule has 2 aliphatic heterocycles. The fourth-order valence-corrected chi connectivity index (χ4v) is 6.12. The van der Waals surface area contributed by atoms with Crippen molar-refractivity contribution in [2.75, 3.05) is 11.9 Å². The van der Waals surface area contributed by atoms with Crippen molar-refractivity contribution in [2.45, 2.75) is 57.2 Å². The van der Waals surface area contributed by atoms with Crippen LogP contribution in [0.4, 0.5) is 9.52 Å². The van der Waals surface area contributed by atoms with E-state index >= 15 is 0 Å². The van der Waals surface area contributed by atoms with E-state index in [0.29, 0.717) is 23.8 Å². The molecule has 0 saturated carbocycles. The largest absolute Gasteiger partial charge is 0.348 e. The predicted octanol–water partition coefficient (Wildman–Crippen LogP) is 4.56. The van der Waals surface area contributed by atoms with E-state index in [2.05, 4.69) is 22.2 Å². The van der Waals surface area contributed by atoms with Gasteiger partial charge in [-0.2, -0.15) is 0 Å². The summed E-state index contributed by atoms with van der Waals surface area (Å²) in [4.78, 5) is 17.1. The molecule has 31 heavy (non-hydrogen) atoms. The van der Waals surface area contributed by atoms with Crippen molar-refractivity contribution in [1.82, 2.24) is 24.7 Å². The van der Waals surface area contributed by atoms with Crippen LogP contribution in [0.25, 0.3) is 27.3 Å². The van der Waals surface area contributed by atoms with Gasteiger partial charge in [-0.25, -0.2) is 19.3 Å². The predicted molar refractivity (Wildman–Crippen MR) is 122 cm³/mol. The normalized spacial score (nSPS) is 23.5. The van der Waals surface area contributed by atoms with Gasteiger partial charge in [-0.05, 0) is 50.8 Å². The summed E-state index contributed by atoms with van der Waals surface area (Å²) in [5, 5.41) is 4.78. The highest BCUT2D eigenvalue weighted by atomic mass is 32.1. The third-order valence-electron chi connectivity index (χ3n) is 6.71. The topological polar surface area (TPSA) is 58.4 Å². The third-order valence-corrected chi connectivity index (χ3v) is 7.76. The van der Waals surface area contributed by atoms with Gasteiger partial charge < -0.3 is 14.6 Å². The average molecular weight is 437 g/mol. The number of thiazole rings is 1. The molecule has 8 heteroatoms. The molecule has 6 rings (SSSR count). The average Bonchev–Trinajstić information content (AvgIpc) is 3.35. The first-order valence-electron chi connectivity index (χ1n) is 11.0. The number of aryl methyl sites for hydroxylation is 1. The first-order valence-corrected chi connectivity index (χ1v) is 11.8. The lowest BCUT2D eigenvalue weighted by Gasteiger charge is -2.43. The second kappa shape index (κ2) is 7.24. The van der Waals surface area contributed by atoms with Gasteiger partial charge in [0.1, 0.15) is 10.3 Å². The Labute approximate surface area is 184 Å². The van der Waals surface area contributed by atoms with Crippen LogP contribution in [-0.4, -0.2) is 44.5 Å². The third kappa shape index (κ3) is 3.38. The Morgan fingerprint density at radius 2 is 1.94 bits per heavy atom. The Kier molecular flexibility index (Phi) is 4.47. The lowest BCUT2D eigenvalue weighted by Crippen LogP contribution is -2.54. The molecule has 0 spiro atoms. The molecule has 2 bridgehead atoms. The van der Waals surface area contributed by atoms with E-state index in [-0.39, 0.29) is 5.82 Å². The molecule has 2 fully saturated rings. The molecule has 0 aliphatic carbocycles. The summed E-state index contributed by atoms with van der Waals surface area (Å²) in [5.41, 5.74) is 3.50. The number of aromatic nitrogens is 4. The Morgan fingerprint density at radius 3 is 2.74 bits per heavy atom. The lowest BCUT2D eigenvalue weighted by atomic mass is 9.83. The molecule has 4 aromatic rings. The maximum atomic E-state index is 14.5. The van der Waals surface area contributed by atoms with Gasteiger partial charge in [0, 0.05) is 43.1 Å². The Balaban J connectivity index is 1.32. The summed E-state index contributed by atoms with van der Waals surface area (Å²) < 4.78 is 16.3. The van der Waals surface area contributed by atoms with E-state index in [4.69, 9.17) is 9.97 Å². The second-order valence-corrected chi connectivity index (χ2v) is 9.89. The van der Waals surface area contributed by atoms with Crippen LogP contribution in [0.5, 0.6) is 0 Å². The van der Waals surface area contributed by atoms with E-state index in [0.717, 1.165) is 32.4 Å². The number of pyridine rings is 2. The molecule has 2 aliphatic rings. The maximum absolute atomic E-state index is 14.5. The van der Waals surface area contributed by atoms with Crippen LogP contribution < -0.4 is 10.2 Å². The zero-order valence-corrected chi connectivity index (χ0v) is 18.5. The Hall–Kier alpha value is -2.58. The molecular weight excluding hydrogens is 411 g/mol. The van der Waals surface area contributed by atoms with Crippen LogP contribution in [-0.2, 0) is 0 Å². The van der Waals surface area contributed by atoms with Gasteiger partial charge in [0.15, 0.2) is 16.6 Å². The summed E-state index contributed by atoms with van der Waals surface area (Å²) >= 11 is 1.62. The van der Waals surface area contributed by atoms with Gasteiger partial charge in [0.25, 0.3) is 0 Å². The molecule has 6 heterocycles. The molecule has 2 saturated heterocycles. The number of halogens is 1. The van der Waals surface area contributed by atoms with E-state index in [1.54, 1.807) is 15.7 Å². The van der Waals surface area contributed by atoms with Gasteiger partial charge in [0.05, 0.1) is 11.4 Å². The molecule has 6 nitrogen and oxygen atoms in total. The van der Waals surface area contributed by atoms with Crippen LogP contribution in [0, 0.1) is 12.7 Å². The van der Waals surface area contributed by atoms with Gasteiger partial charge in [-0.3, -0.25) is 0 Å². The minimum atomic E-state index is -0.339. The van der Waals surface area contributed by atoms with Crippen molar-refractivity contribution >= 4 is 32.5 Å². The maximum Gasteiger partial charge on any atom is 0.187 e. The van der Waals surface area contributed by atoms with Gasteiger partial charge in [0.2, 0.25) is 0 Å². The minimum absolute atomic E-state index is 0.339. The minimum Gasteiger partial charge on any atom is -0.348 e. The number of piperidine rings is 2. The van der Waals surface area contributed by atoms with Crippen molar-refractivity contribution in [3.8, 4) is 11.3 Å². The molecule has 1 N–H and O–H groups in total. The number of hydrogen-bond acceptors (Lipinski definition) is 6. The van der Waals surface area contributed by atoms with Crippen molar-refractivity contribution in [1.29, 1.82) is 0 Å². The molecule has 0 aromatic carbocycles. The molecule has 3 atom stereocenters. The second-order valence-electron chi connectivity index (χ2n) is 8.93. The van der Waals surface area contributed by atoms with Gasteiger partial charge >= 0.3 is 0 Å². The summed E-state index contributed by atoms with van der Waals surface area (Å²) in [6.07, 6.45) is 9.96. The van der Waals surface area contributed by atoms with Crippen LogP contribution in [0.3, 0.4) is 0 Å². The molecule has 0 amide bonds. The summed E-state index contributed by atoms with van der Waals surface area (Å²) in [6.45, 7) is 1.86. The van der Waals surface area contributed by atoms with Crippen LogP contribution in [0.2, 0.25) is 0 Å². The fourth-order valence-electron chi connectivity index (χ4n) is 5.14. The summed E-state index contributed by atoms with van der Waals surface area (Å²) in [5.74, 6) is -0.339. The molecule has 0 radical (unpaired) electrons. The summed E-state index contributed by atoms with van der Waals surface area (Å²) in [6, 6.07) is 7.20. The SMILES string of the molecule is Cc1cn2cc(-c3ccc4nc(N(C)[C@@H]5C[C@H]6CCC[C@@H](C5)N6)sc4n3)cc(F)c2n1. The van der Waals surface area contributed by atoms with Gasteiger partial charge in [-0.15, -0.1) is 0 Å². The highest BCUT2D eigenvalue weighted by Gasteiger charge is 2.33.